The summed E-state index contributed by atoms with van der Waals surface area (Å²) in [5, 5.41) is 13.6. The van der Waals surface area contributed by atoms with Gasteiger partial charge in [-0.2, -0.15) is 0 Å². The summed E-state index contributed by atoms with van der Waals surface area (Å²) < 4.78 is 5.39. The van der Waals surface area contributed by atoms with Crippen molar-refractivity contribution in [3.8, 4) is 0 Å². The molecule has 2 aliphatic heterocycles. The number of rotatable bonds is 4. The van der Waals surface area contributed by atoms with Crippen molar-refractivity contribution in [3.05, 3.63) is 35.9 Å². The third kappa shape index (κ3) is 4.44. The minimum Gasteiger partial charge on any atom is -0.388 e. The molecular weight excluding hydrogens is 316 g/mol. The largest absolute Gasteiger partial charge is 0.388 e. The highest BCUT2D eigenvalue weighted by atomic mass is 35.5. The summed E-state index contributed by atoms with van der Waals surface area (Å²) in [5.41, 5.74) is 0.918. The Morgan fingerprint density at radius 3 is 2.87 bits per heavy atom. The van der Waals surface area contributed by atoms with Gasteiger partial charge in [0.1, 0.15) is 6.04 Å². The zero-order chi connectivity index (χ0) is 15.4. The first-order valence-electron chi connectivity index (χ1n) is 8.10. The summed E-state index contributed by atoms with van der Waals surface area (Å²) in [5.74, 6) is 0.113. The topological polar surface area (TPSA) is 61.8 Å². The molecule has 6 heteroatoms. The summed E-state index contributed by atoms with van der Waals surface area (Å²) >= 11 is 0. The molecule has 0 radical (unpaired) electrons. The van der Waals surface area contributed by atoms with Gasteiger partial charge in [0.15, 0.2) is 0 Å². The molecule has 3 rings (SSSR count). The lowest BCUT2D eigenvalue weighted by molar-refractivity contribution is -0.137. The number of nitrogens with one attached hydrogen (secondary N) is 1. The van der Waals surface area contributed by atoms with E-state index in [1.807, 2.05) is 35.2 Å². The van der Waals surface area contributed by atoms with Gasteiger partial charge in [-0.3, -0.25) is 4.79 Å². The number of morpholine rings is 1. The van der Waals surface area contributed by atoms with Crippen LogP contribution < -0.4 is 5.32 Å². The number of aliphatic hydroxyl groups is 1. The smallest absolute Gasteiger partial charge is 0.242 e. The molecule has 3 atom stereocenters. The van der Waals surface area contributed by atoms with Gasteiger partial charge in [-0.25, -0.2) is 0 Å². The van der Waals surface area contributed by atoms with Crippen LogP contribution >= 0.6 is 12.4 Å². The number of likely N-dealkylation sites (tertiary alicyclic amines) is 1. The average molecular weight is 341 g/mol. The van der Waals surface area contributed by atoms with E-state index in [1.165, 1.54) is 0 Å². The molecule has 2 N–H and O–H groups in total. The Morgan fingerprint density at radius 1 is 1.39 bits per heavy atom. The van der Waals surface area contributed by atoms with E-state index in [1.54, 1.807) is 0 Å². The molecule has 1 aromatic rings. The Labute approximate surface area is 143 Å². The molecule has 0 bridgehead atoms. The fraction of sp³-hybridized carbons (Fsp3) is 0.588. The zero-order valence-electron chi connectivity index (χ0n) is 13.2. The number of halogens is 1. The second-order valence-corrected chi connectivity index (χ2v) is 6.07. The van der Waals surface area contributed by atoms with Gasteiger partial charge < -0.3 is 20.1 Å². The van der Waals surface area contributed by atoms with Crippen LogP contribution in [0, 0.1) is 0 Å². The van der Waals surface area contributed by atoms with Crippen LogP contribution in [0.3, 0.4) is 0 Å². The van der Waals surface area contributed by atoms with E-state index < -0.39 is 6.10 Å². The molecule has 1 aromatic carbocycles. The molecule has 2 saturated heterocycles. The van der Waals surface area contributed by atoms with Gasteiger partial charge in [0.2, 0.25) is 5.91 Å². The van der Waals surface area contributed by atoms with E-state index in [0.717, 1.165) is 31.5 Å². The van der Waals surface area contributed by atoms with Gasteiger partial charge in [0, 0.05) is 19.1 Å². The van der Waals surface area contributed by atoms with Gasteiger partial charge in [-0.05, 0) is 24.8 Å². The number of hydrogen-bond acceptors (Lipinski definition) is 4. The number of nitrogens with zero attached hydrogens (tertiary/aromatic N) is 1. The third-order valence-corrected chi connectivity index (χ3v) is 4.56. The maximum atomic E-state index is 12.6. The average Bonchev–Trinajstić information content (AvgIpc) is 3.04. The van der Waals surface area contributed by atoms with Crippen molar-refractivity contribution >= 4 is 18.3 Å². The predicted molar refractivity (Wildman–Crippen MR) is 90.6 cm³/mol. The number of ether oxygens (including phenoxy) is 1. The van der Waals surface area contributed by atoms with Crippen molar-refractivity contribution in [3.63, 3.8) is 0 Å². The van der Waals surface area contributed by atoms with Gasteiger partial charge in [-0.15, -0.1) is 12.4 Å². The van der Waals surface area contributed by atoms with Gasteiger partial charge in [-0.1, -0.05) is 30.3 Å². The highest BCUT2D eigenvalue weighted by Crippen LogP contribution is 2.28. The Hall–Kier alpha value is -1.14. The maximum absolute atomic E-state index is 12.6. The molecule has 2 fully saturated rings. The van der Waals surface area contributed by atoms with Crippen LogP contribution in [-0.4, -0.2) is 54.3 Å². The fourth-order valence-electron chi connectivity index (χ4n) is 3.36. The van der Waals surface area contributed by atoms with Crippen LogP contribution in [0.5, 0.6) is 0 Å². The number of benzene rings is 1. The number of carbonyl (C=O) groups is 1. The summed E-state index contributed by atoms with van der Waals surface area (Å²) in [6.07, 6.45) is 2.05. The van der Waals surface area contributed by atoms with E-state index >= 15 is 0 Å². The molecule has 0 spiro atoms. The lowest BCUT2D eigenvalue weighted by Gasteiger charge is -2.32. The Morgan fingerprint density at radius 2 is 2.17 bits per heavy atom. The summed E-state index contributed by atoms with van der Waals surface area (Å²) in [7, 11) is 0. The number of amides is 1. The first-order chi connectivity index (χ1) is 10.8. The van der Waals surface area contributed by atoms with E-state index in [4.69, 9.17) is 4.74 Å². The van der Waals surface area contributed by atoms with Crippen molar-refractivity contribution in [1.29, 1.82) is 0 Å². The monoisotopic (exact) mass is 340 g/mol. The molecule has 0 aromatic heterocycles. The molecule has 1 amide bonds. The predicted octanol–water partition coefficient (Wildman–Crippen LogP) is 1.51. The number of aliphatic hydroxyl groups excluding tert-OH is 1. The van der Waals surface area contributed by atoms with Crippen LogP contribution in [0.2, 0.25) is 0 Å². The molecule has 0 aliphatic carbocycles. The van der Waals surface area contributed by atoms with E-state index in [-0.39, 0.29) is 30.4 Å². The van der Waals surface area contributed by atoms with Crippen LogP contribution in [0.15, 0.2) is 30.3 Å². The maximum Gasteiger partial charge on any atom is 0.242 e. The minimum atomic E-state index is -0.518. The van der Waals surface area contributed by atoms with E-state index in [0.29, 0.717) is 19.6 Å². The fourth-order valence-corrected chi connectivity index (χ4v) is 3.36. The molecule has 3 unspecified atom stereocenters. The van der Waals surface area contributed by atoms with Crippen LogP contribution in [0.25, 0.3) is 0 Å². The quantitative estimate of drug-likeness (QED) is 0.872. The normalized spacial score (nSPS) is 25.7. The van der Waals surface area contributed by atoms with Gasteiger partial charge in [0.25, 0.3) is 0 Å². The Kier molecular flexibility index (Phi) is 6.84. The van der Waals surface area contributed by atoms with Crippen molar-refractivity contribution in [2.24, 2.45) is 0 Å². The highest BCUT2D eigenvalue weighted by Gasteiger charge is 2.34. The Bertz CT molecular complexity index is 494. The first-order valence-corrected chi connectivity index (χ1v) is 8.10. The molecule has 2 heterocycles. The van der Waals surface area contributed by atoms with Crippen LogP contribution in [0.4, 0.5) is 0 Å². The molecule has 0 saturated carbocycles. The molecular formula is C17H25ClN2O3. The van der Waals surface area contributed by atoms with Gasteiger partial charge >= 0.3 is 0 Å². The van der Waals surface area contributed by atoms with Crippen molar-refractivity contribution in [2.75, 3.05) is 26.3 Å². The van der Waals surface area contributed by atoms with Crippen LogP contribution in [-0.2, 0) is 9.53 Å². The standard InChI is InChI=1S/C17H24N2O3.ClH/c20-16(13-5-2-1-3-6-13)11-14-7-4-9-19(14)17(21)15-12-22-10-8-18-15;/h1-3,5-6,14-16,18,20H,4,7-12H2;1H. The minimum absolute atomic E-state index is 0. The van der Waals surface area contributed by atoms with E-state index in [2.05, 4.69) is 5.32 Å². The number of hydrogen-bond donors (Lipinski definition) is 2. The molecule has 23 heavy (non-hydrogen) atoms. The lowest BCUT2D eigenvalue weighted by atomic mass is 10.00. The summed E-state index contributed by atoms with van der Waals surface area (Å²) in [6, 6.07) is 9.55. The Balaban J connectivity index is 0.00000192. The first kappa shape index (κ1) is 18.2. The second kappa shape index (κ2) is 8.64. The summed E-state index contributed by atoms with van der Waals surface area (Å²) in [4.78, 5) is 14.6. The zero-order valence-corrected chi connectivity index (χ0v) is 14.0. The second-order valence-electron chi connectivity index (χ2n) is 6.07. The van der Waals surface area contributed by atoms with Crippen LogP contribution in [0.1, 0.15) is 30.9 Å². The number of carbonyl (C=O) groups excluding carboxylic acids is 1. The molecule has 2 aliphatic rings. The van der Waals surface area contributed by atoms with Crippen molar-refractivity contribution < 1.29 is 14.6 Å². The summed E-state index contributed by atoms with van der Waals surface area (Å²) in [6.45, 7) is 2.62. The van der Waals surface area contributed by atoms with Gasteiger partial charge in [0.05, 0.1) is 19.3 Å². The van der Waals surface area contributed by atoms with Crippen molar-refractivity contribution in [1.82, 2.24) is 10.2 Å². The lowest BCUT2D eigenvalue weighted by Crippen LogP contribution is -2.53. The van der Waals surface area contributed by atoms with E-state index in [9.17, 15) is 9.90 Å². The molecule has 5 nitrogen and oxygen atoms in total. The molecule has 128 valence electrons. The third-order valence-electron chi connectivity index (χ3n) is 4.56. The highest BCUT2D eigenvalue weighted by molar-refractivity contribution is 5.85. The van der Waals surface area contributed by atoms with Crippen molar-refractivity contribution in [2.45, 2.75) is 37.5 Å². The SMILES string of the molecule is Cl.O=C(C1COCCN1)N1CCCC1CC(O)c1ccccc1.